The maximum Gasteiger partial charge on any atom is 0.261 e. The lowest BCUT2D eigenvalue weighted by molar-refractivity contribution is 0.0642. The molecule has 156 valence electrons. The van der Waals surface area contributed by atoms with E-state index >= 15 is 0 Å². The summed E-state index contributed by atoms with van der Waals surface area (Å²) in [6.45, 7) is 1.86. The summed E-state index contributed by atoms with van der Waals surface area (Å²) < 4.78 is 5.34. The third kappa shape index (κ3) is 3.78. The van der Waals surface area contributed by atoms with E-state index in [1.807, 2.05) is 6.92 Å². The number of nitrogens with one attached hydrogen (secondary N) is 1. The quantitative estimate of drug-likeness (QED) is 0.590. The number of ether oxygens (including phenoxy) is 1. The first kappa shape index (κ1) is 20.6. The fourth-order valence-electron chi connectivity index (χ4n) is 3.53. The van der Waals surface area contributed by atoms with Crippen LogP contribution < -0.4 is 10.1 Å². The first-order chi connectivity index (χ1) is 14.9. The summed E-state index contributed by atoms with van der Waals surface area (Å²) in [6, 6.07) is 17.0. The zero-order valence-corrected chi connectivity index (χ0v) is 17.7. The Bertz CT molecular complexity index is 1190. The second-order valence-electron chi connectivity index (χ2n) is 7.14. The molecule has 0 spiro atoms. The average molecular weight is 435 g/mol. The minimum Gasteiger partial charge on any atom is -0.496 e. The van der Waals surface area contributed by atoms with Gasteiger partial charge in [0.2, 0.25) is 0 Å². The number of anilines is 1. The minimum absolute atomic E-state index is 0.0484. The fraction of sp³-hybridized carbons (Fsp3) is 0.125. The zero-order valence-electron chi connectivity index (χ0n) is 16.9. The molecule has 0 saturated heterocycles. The van der Waals surface area contributed by atoms with Gasteiger partial charge in [0.1, 0.15) is 5.75 Å². The van der Waals surface area contributed by atoms with Crippen molar-refractivity contribution in [3.63, 3.8) is 0 Å². The van der Waals surface area contributed by atoms with Crippen LogP contribution in [-0.4, -0.2) is 29.7 Å². The van der Waals surface area contributed by atoms with Crippen LogP contribution in [0.5, 0.6) is 5.75 Å². The normalized spacial score (nSPS) is 12.7. The maximum absolute atomic E-state index is 13.0. The van der Waals surface area contributed by atoms with Gasteiger partial charge in [0, 0.05) is 10.7 Å². The molecule has 3 aromatic rings. The van der Waals surface area contributed by atoms with Gasteiger partial charge in [-0.2, -0.15) is 0 Å². The van der Waals surface area contributed by atoms with Crippen molar-refractivity contribution in [2.24, 2.45) is 0 Å². The molecule has 6 nitrogen and oxygen atoms in total. The molecule has 0 unspecified atom stereocenters. The molecule has 31 heavy (non-hydrogen) atoms. The number of benzene rings is 3. The Morgan fingerprint density at radius 3 is 2.32 bits per heavy atom. The van der Waals surface area contributed by atoms with E-state index in [1.165, 1.54) is 12.0 Å². The van der Waals surface area contributed by atoms with Crippen LogP contribution in [0.15, 0.2) is 60.7 Å². The van der Waals surface area contributed by atoms with E-state index in [9.17, 15) is 14.4 Å². The lowest BCUT2D eigenvalue weighted by Gasteiger charge is -2.16. The van der Waals surface area contributed by atoms with Crippen molar-refractivity contribution in [1.82, 2.24) is 4.90 Å². The standard InChI is InChI=1S/C24H19ClN2O4/c1-14-19(25)8-5-9-20(14)26-22(28)18-12-15(10-11-21(18)31-2)13-27-23(29)16-6-3-4-7-17(16)24(27)30/h3-12H,13H2,1-2H3,(H,26,28). The van der Waals surface area contributed by atoms with Crippen molar-refractivity contribution < 1.29 is 19.1 Å². The van der Waals surface area contributed by atoms with Crippen molar-refractivity contribution in [3.05, 3.63) is 93.5 Å². The van der Waals surface area contributed by atoms with Crippen LogP contribution in [0, 0.1) is 6.92 Å². The van der Waals surface area contributed by atoms with Gasteiger partial charge >= 0.3 is 0 Å². The van der Waals surface area contributed by atoms with Crippen molar-refractivity contribution >= 4 is 35.0 Å². The molecule has 0 bridgehead atoms. The number of methoxy groups -OCH3 is 1. The number of hydrogen-bond donors (Lipinski definition) is 1. The van der Waals surface area contributed by atoms with Crippen LogP contribution in [0.25, 0.3) is 0 Å². The molecule has 0 atom stereocenters. The van der Waals surface area contributed by atoms with Gasteiger partial charge in [-0.1, -0.05) is 35.9 Å². The van der Waals surface area contributed by atoms with Crippen LogP contribution in [0.4, 0.5) is 5.69 Å². The molecule has 0 fully saturated rings. The van der Waals surface area contributed by atoms with Crippen molar-refractivity contribution in [2.45, 2.75) is 13.5 Å². The number of carbonyl (C=O) groups excluding carboxylic acids is 3. The fourth-order valence-corrected chi connectivity index (χ4v) is 3.70. The van der Waals surface area contributed by atoms with E-state index in [-0.39, 0.29) is 29.8 Å². The van der Waals surface area contributed by atoms with Crippen molar-refractivity contribution in [2.75, 3.05) is 12.4 Å². The van der Waals surface area contributed by atoms with Crippen LogP contribution in [0.2, 0.25) is 5.02 Å². The predicted octanol–water partition coefficient (Wildman–Crippen LogP) is 4.71. The molecule has 1 aliphatic rings. The number of imide groups is 1. The summed E-state index contributed by atoms with van der Waals surface area (Å²) in [7, 11) is 1.47. The third-order valence-electron chi connectivity index (χ3n) is 5.24. The Morgan fingerprint density at radius 1 is 1.00 bits per heavy atom. The summed E-state index contributed by atoms with van der Waals surface area (Å²) >= 11 is 6.14. The van der Waals surface area contributed by atoms with E-state index in [2.05, 4.69) is 5.32 Å². The second kappa shape index (κ2) is 8.24. The first-order valence-corrected chi connectivity index (χ1v) is 9.97. The van der Waals surface area contributed by atoms with E-state index in [0.717, 1.165) is 5.56 Å². The van der Waals surface area contributed by atoms with Gasteiger partial charge in [-0.15, -0.1) is 0 Å². The van der Waals surface area contributed by atoms with Crippen LogP contribution in [0.3, 0.4) is 0 Å². The number of halogens is 1. The van der Waals surface area contributed by atoms with Gasteiger partial charge in [0.25, 0.3) is 17.7 Å². The number of amides is 3. The molecule has 0 aliphatic carbocycles. The molecule has 1 aliphatic heterocycles. The average Bonchev–Trinajstić information content (AvgIpc) is 3.02. The Hall–Kier alpha value is -3.64. The third-order valence-corrected chi connectivity index (χ3v) is 5.65. The van der Waals surface area contributed by atoms with Crippen LogP contribution in [-0.2, 0) is 6.54 Å². The molecular weight excluding hydrogens is 416 g/mol. The Labute approximate surface area is 184 Å². The number of nitrogens with zero attached hydrogens (tertiary/aromatic N) is 1. The smallest absolute Gasteiger partial charge is 0.261 e. The maximum atomic E-state index is 13.0. The highest BCUT2D eigenvalue weighted by Gasteiger charge is 2.35. The summed E-state index contributed by atoms with van der Waals surface area (Å²) in [5.74, 6) is -0.705. The van der Waals surface area contributed by atoms with Gasteiger partial charge in [0.05, 0.1) is 30.3 Å². The van der Waals surface area contributed by atoms with E-state index in [1.54, 1.807) is 60.7 Å². The molecule has 0 aromatic heterocycles. The number of hydrogen-bond acceptors (Lipinski definition) is 4. The Kier molecular flexibility index (Phi) is 5.48. The summed E-state index contributed by atoms with van der Waals surface area (Å²) in [5, 5.41) is 3.39. The molecule has 1 heterocycles. The van der Waals surface area contributed by atoms with Crippen molar-refractivity contribution in [3.8, 4) is 5.75 Å². The van der Waals surface area contributed by atoms with E-state index in [0.29, 0.717) is 33.1 Å². The topological polar surface area (TPSA) is 75.7 Å². The minimum atomic E-state index is -0.383. The lowest BCUT2D eigenvalue weighted by atomic mass is 10.1. The van der Waals surface area contributed by atoms with Crippen molar-refractivity contribution in [1.29, 1.82) is 0 Å². The van der Waals surface area contributed by atoms with E-state index < -0.39 is 0 Å². The first-order valence-electron chi connectivity index (χ1n) is 9.59. The SMILES string of the molecule is COc1ccc(CN2C(=O)c3ccccc3C2=O)cc1C(=O)Nc1cccc(Cl)c1C. The van der Waals surface area contributed by atoms with Gasteiger partial charge in [-0.05, 0) is 54.4 Å². The molecule has 1 N–H and O–H groups in total. The summed E-state index contributed by atoms with van der Waals surface area (Å²) in [5.41, 5.74) is 3.02. The predicted molar refractivity (Wildman–Crippen MR) is 118 cm³/mol. The molecule has 3 aromatic carbocycles. The number of carbonyl (C=O) groups is 3. The van der Waals surface area contributed by atoms with E-state index in [4.69, 9.17) is 16.3 Å². The summed E-state index contributed by atoms with van der Waals surface area (Å²) in [6.07, 6.45) is 0. The van der Waals surface area contributed by atoms with Crippen LogP contribution >= 0.6 is 11.6 Å². The van der Waals surface area contributed by atoms with Gasteiger partial charge in [-0.3, -0.25) is 19.3 Å². The molecule has 4 rings (SSSR count). The summed E-state index contributed by atoms with van der Waals surface area (Å²) in [4.78, 5) is 39.5. The molecule has 0 saturated carbocycles. The highest BCUT2D eigenvalue weighted by Crippen LogP contribution is 2.28. The number of rotatable bonds is 5. The van der Waals surface area contributed by atoms with Gasteiger partial charge in [-0.25, -0.2) is 0 Å². The highest BCUT2D eigenvalue weighted by molar-refractivity contribution is 6.31. The molecule has 3 amide bonds. The zero-order chi connectivity index (χ0) is 22.1. The largest absolute Gasteiger partial charge is 0.496 e. The highest BCUT2D eigenvalue weighted by atomic mass is 35.5. The lowest BCUT2D eigenvalue weighted by Crippen LogP contribution is -2.29. The Balaban J connectivity index is 1.61. The van der Waals surface area contributed by atoms with Gasteiger partial charge < -0.3 is 10.1 Å². The van der Waals surface area contributed by atoms with Gasteiger partial charge in [0.15, 0.2) is 0 Å². The Morgan fingerprint density at radius 2 is 1.68 bits per heavy atom. The second-order valence-corrected chi connectivity index (χ2v) is 7.55. The molecular formula is C24H19ClN2O4. The number of fused-ring (bicyclic) bond motifs is 1. The molecule has 0 radical (unpaired) electrons. The monoisotopic (exact) mass is 434 g/mol. The van der Waals surface area contributed by atoms with Crippen LogP contribution in [0.1, 0.15) is 42.2 Å². The molecule has 7 heteroatoms.